The molecule has 2 atom stereocenters. The highest BCUT2D eigenvalue weighted by atomic mass is 35.5. The first kappa shape index (κ1) is 19.0. The van der Waals surface area contributed by atoms with Crippen LogP contribution in [0.15, 0.2) is 17.0 Å². The van der Waals surface area contributed by atoms with E-state index in [2.05, 4.69) is 4.74 Å². The van der Waals surface area contributed by atoms with Gasteiger partial charge in [0.1, 0.15) is 17.0 Å². The third-order valence-corrected chi connectivity index (χ3v) is 3.72. The summed E-state index contributed by atoms with van der Waals surface area (Å²) >= 11 is 5.63. The third kappa shape index (κ3) is 4.96. The number of hydrogen-bond donors (Lipinski definition) is 5. The zero-order valence-corrected chi connectivity index (χ0v) is 13.1. The molecule has 0 fully saturated rings. The molecular weight excluding hydrogens is 356 g/mol. The molecule has 0 saturated heterocycles. The molecule has 12 heteroatoms. The van der Waals surface area contributed by atoms with Crippen LogP contribution in [0.3, 0.4) is 0 Å². The van der Waals surface area contributed by atoms with Crippen molar-refractivity contribution in [1.82, 2.24) is 0 Å². The SMILES string of the molecule is C[C@H](OC(=O)Nc1cc(Cl)cc(S(=O)(=O)O)c1O)[C@H](N)C(=O)O. The average Bonchev–Trinajstić information content (AvgIpc) is 2.39. The van der Waals surface area contributed by atoms with E-state index in [1.165, 1.54) is 6.92 Å². The molecule has 1 amide bonds. The number of aromatic hydroxyl groups is 1. The van der Waals surface area contributed by atoms with E-state index < -0.39 is 50.7 Å². The number of carbonyl (C=O) groups excluding carboxylic acids is 1. The van der Waals surface area contributed by atoms with E-state index in [4.69, 9.17) is 27.0 Å². The number of amides is 1. The average molecular weight is 369 g/mol. The predicted molar refractivity (Wildman–Crippen MR) is 78.1 cm³/mol. The number of anilines is 1. The molecule has 23 heavy (non-hydrogen) atoms. The number of nitrogens with two attached hydrogens (primary N) is 1. The molecule has 1 rings (SSSR count). The number of carbonyl (C=O) groups is 2. The van der Waals surface area contributed by atoms with E-state index >= 15 is 0 Å². The van der Waals surface area contributed by atoms with Crippen molar-refractivity contribution in [2.75, 3.05) is 5.32 Å². The van der Waals surface area contributed by atoms with Crippen LogP contribution < -0.4 is 11.1 Å². The lowest BCUT2D eigenvalue weighted by Gasteiger charge is -2.17. The van der Waals surface area contributed by atoms with E-state index in [0.717, 1.165) is 12.1 Å². The quantitative estimate of drug-likeness (QED) is 0.368. The zero-order chi connectivity index (χ0) is 17.9. The normalized spacial score (nSPS) is 13.9. The summed E-state index contributed by atoms with van der Waals surface area (Å²) in [4.78, 5) is 21.4. The highest BCUT2D eigenvalue weighted by Gasteiger charge is 2.25. The zero-order valence-electron chi connectivity index (χ0n) is 11.6. The maximum absolute atomic E-state index is 11.6. The summed E-state index contributed by atoms with van der Waals surface area (Å²) in [7, 11) is -4.79. The van der Waals surface area contributed by atoms with Gasteiger partial charge in [0.25, 0.3) is 10.1 Å². The summed E-state index contributed by atoms with van der Waals surface area (Å²) in [6.45, 7) is 1.22. The van der Waals surface area contributed by atoms with Crippen LogP contribution in [0.5, 0.6) is 5.75 Å². The van der Waals surface area contributed by atoms with Gasteiger partial charge in [-0.3, -0.25) is 14.7 Å². The molecule has 0 bridgehead atoms. The van der Waals surface area contributed by atoms with E-state index in [9.17, 15) is 23.1 Å². The highest BCUT2D eigenvalue weighted by Crippen LogP contribution is 2.34. The minimum Gasteiger partial charge on any atom is -0.504 e. The second-order valence-corrected chi connectivity index (χ2v) is 6.20. The molecule has 1 aromatic rings. The second-order valence-electron chi connectivity index (χ2n) is 4.37. The fourth-order valence-corrected chi connectivity index (χ4v) is 2.36. The minimum atomic E-state index is -4.79. The number of hydrogen-bond acceptors (Lipinski definition) is 7. The Hall–Kier alpha value is -2.08. The van der Waals surface area contributed by atoms with Gasteiger partial charge in [0.05, 0.1) is 5.69 Å². The first-order chi connectivity index (χ1) is 10.4. The number of nitrogens with one attached hydrogen (secondary N) is 1. The lowest BCUT2D eigenvalue weighted by atomic mass is 10.2. The smallest absolute Gasteiger partial charge is 0.412 e. The van der Waals surface area contributed by atoms with E-state index in [-0.39, 0.29) is 5.02 Å². The van der Waals surface area contributed by atoms with Crippen LogP contribution in [0.1, 0.15) is 6.92 Å². The molecule has 0 saturated carbocycles. The van der Waals surface area contributed by atoms with Gasteiger partial charge in [-0.15, -0.1) is 0 Å². The maximum atomic E-state index is 11.6. The Morgan fingerprint density at radius 3 is 2.43 bits per heavy atom. The van der Waals surface area contributed by atoms with Crippen LogP contribution >= 0.6 is 11.6 Å². The summed E-state index contributed by atoms with van der Waals surface area (Å²) < 4.78 is 35.8. The van der Waals surface area contributed by atoms with Gasteiger partial charge in [-0.05, 0) is 19.1 Å². The molecule has 10 nitrogen and oxygen atoms in total. The molecule has 0 radical (unpaired) electrons. The van der Waals surface area contributed by atoms with Crippen LogP contribution in [0, 0.1) is 0 Å². The molecule has 0 aliphatic carbocycles. The van der Waals surface area contributed by atoms with Crippen LogP contribution in [0.4, 0.5) is 10.5 Å². The molecule has 0 aromatic heterocycles. The summed E-state index contributed by atoms with van der Waals surface area (Å²) in [5, 5.41) is 20.2. The standard InChI is InChI=1S/C11H13ClN2O8S/c1-4(8(13)10(16)17)22-11(18)14-6-2-5(12)3-7(9(6)15)23(19,20)21/h2-4,8,15H,13H2,1H3,(H,14,18)(H,16,17)(H,19,20,21)/t4-,8-/m0/s1. The molecule has 0 unspecified atom stereocenters. The van der Waals surface area contributed by atoms with E-state index in [1.807, 2.05) is 5.32 Å². The Labute approximate surface area is 135 Å². The van der Waals surface area contributed by atoms with Crippen molar-refractivity contribution in [3.8, 4) is 5.75 Å². The van der Waals surface area contributed by atoms with E-state index in [0.29, 0.717) is 0 Å². The van der Waals surface area contributed by atoms with Gasteiger partial charge in [-0.1, -0.05) is 11.6 Å². The number of ether oxygens (including phenoxy) is 1. The number of halogens is 1. The molecule has 0 heterocycles. The van der Waals surface area contributed by atoms with Gasteiger partial charge in [-0.2, -0.15) is 8.42 Å². The van der Waals surface area contributed by atoms with Crippen molar-refractivity contribution in [2.24, 2.45) is 5.73 Å². The topological polar surface area (TPSA) is 176 Å². The number of benzene rings is 1. The van der Waals surface area contributed by atoms with Crippen molar-refractivity contribution in [3.05, 3.63) is 17.2 Å². The highest BCUT2D eigenvalue weighted by molar-refractivity contribution is 7.86. The molecule has 128 valence electrons. The molecule has 0 spiro atoms. The summed E-state index contributed by atoms with van der Waals surface area (Å²) in [5.74, 6) is -2.37. The van der Waals surface area contributed by atoms with Crippen molar-refractivity contribution >= 4 is 39.5 Å². The van der Waals surface area contributed by atoms with Crippen molar-refractivity contribution < 1.29 is 37.5 Å². The Bertz CT molecular complexity index is 736. The van der Waals surface area contributed by atoms with Gasteiger partial charge in [-0.25, -0.2) is 4.79 Å². The maximum Gasteiger partial charge on any atom is 0.412 e. The van der Waals surface area contributed by atoms with Crippen molar-refractivity contribution in [3.63, 3.8) is 0 Å². The first-order valence-corrected chi connectivity index (χ1v) is 7.71. The Balaban J connectivity index is 3.00. The lowest BCUT2D eigenvalue weighted by molar-refractivity contribution is -0.140. The summed E-state index contributed by atoms with van der Waals surface area (Å²) in [5.41, 5.74) is 4.78. The number of carboxylic acid groups (broad SMARTS) is 1. The van der Waals surface area contributed by atoms with Gasteiger partial charge in [0.2, 0.25) is 0 Å². The van der Waals surface area contributed by atoms with Crippen LogP contribution in [-0.4, -0.2) is 47.4 Å². The Morgan fingerprint density at radius 2 is 1.96 bits per heavy atom. The summed E-state index contributed by atoms with van der Waals surface area (Å²) in [6, 6.07) is 0.280. The monoisotopic (exact) mass is 368 g/mol. The summed E-state index contributed by atoms with van der Waals surface area (Å²) in [6.07, 6.45) is -2.43. The molecule has 0 aliphatic heterocycles. The molecule has 0 aliphatic rings. The van der Waals surface area contributed by atoms with Gasteiger partial charge in [0, 0.05) is 5.02 Å². The van der Waals surface area contributed by atoms with E-state index in [1.54, 1.807) is 0 Å². The number of phenolic OH excluding ortho intramolecular Hbond substituents is 1. The largest absolute Gasteiger partial charge is 0.504 e. The Morgan fingerprint density at radius 1 is 1.39 bits per heavy atom. The number of rotatable bonds is 5. The van der Waals surface area contributed by atoms with Crippen molar-refractivity contribution in [2.45, 2.75) is 24.0 Å². The number of phenols is 1. The number of carboxylic acids is 1. The fourth-order valence-electron chi connectivity index (χ4n) is 1.45. The third-order valence-electron chi connectivity index (χ3n) is 2.64. The fraction of sp³-hybridized carbons (Fsp3) is 0.273. The van der Waals surface area contributed by atoms with Crippen LogP contribution in [0.2, 0.25) is 5.02 Å². The molecular formula is C11H13ClN2O8S. The van der Waals surface area contributed by atoms with Gasteiger partial charge >= 0.3 is 12.1 Å². The first-order valence-electron chi connectivity index (χ1n) is 5.89. The van der Waals surface area contributed by atoms with Crippen LogP contribution in [0.25, 0.3) is 0 Å². The number of aliphatic carboxylic acids is 1. The van der Waals surface area contributed by atoms with Crippen LogP contribution in [-0.2, 0) is 19.6 Å². The minimum absolute atomic E-state index is 0.207. The molecule has 6 N–H and O–H groups in total. The van der Waals surface area contributed by atoms with Gasteiger partial charge in [0.15, 0.2) is 5.75 Å². The Kier molecular flexibility index (Phi) is 5.77. The molecule has 1 aromatic carbocycles. The second kappa shape index (κ2) is 7.00. The predicted octanol–water partition coefficient (Wildman–Crippen LogP) is 0.641. The van der Waals surface area contributed by atoms with Gasteiger partial charge < -0.3 is 20.7 Å². The van der Waals surface area contributed by atoms with Crippen molar-refractivity contribution in [1.29, 1.82) is 0 Å². The lowest BCUT2D eigenvalue weighted by Crippen LogP contribution is -2.43.